The molecule has 1 aromatic carbocycles. The quantitative estimate of drug-likeness (QED) is 0.673. The topological polar surface area (TPSA) is 52.3 Å². The van der Waals surface area contributed by atoms with Crippen molar-refractivity contribution in [1.29, 1.82) is 0 Å². The van der Waals surface area contributed by atoms with Gasteiger partial charge in [-0.15, -0.1) is 0 Å². The van der Waals surface area contributed by atoms with Gasteiger partial charge in [0.05, 0.1) is 18.1 Å². The molecule has 0 N–H and O–H groups in total. The minimum Gasteiger partial charge on any atom is -0.472 e. The van der Waals surface area contributed by atoms with Gasteiger partial charge in [0.15, 0.2) is 0 Å². The minimum atomic E-state index is -0.384. The van der Waals surface area contributed by atoms with Crippen molar-refractivity contribution in [3.63, 3.8) is 0 Å². The Labute approximate surface area is 109 Å². The van der Waals surface area contributed by atoms with E-state index >= 15 is 0 Å². The Morgan fingerprint density at radius 3 is 2.95 bits per heavy atom. The smallest absolute Gasteiger partial charge is 0.340 e. The van der Waals surface area contributed by atoms with E-state index in [2.05, 4.69) is 4.98 Å². The molecule has 0 atom stereocenters. The van der Waals surface area contributed by atoms with E-state index in [4.69, 9.17) is 9.15 Å². The highest BCUT2D eigenvalue weighted by molar-refractivity contribution is 6.03. The number of carbonyl (C=O) groups excluding carboxylic acids is 1. The van der Waals surface area contributed by atoms with Crippen LogP contribution in [0.2, 0.25) is 0 Å². The minimum absolute atomic E-state index is 0.193. The molecule has 0 aliphatic rings. The molecule has 2 heterocycles. The largest absolute Gasteiger partial charge is 0.472 e. The van der Waals surface area contributed by atoms with E-state index < -0.39 is 0 Å². The number of carbonyl (C=O) groups is 1. The van der Waals surface area contributed by atoms with E-state index in [0.29, 0.717) is 5.56 Å². The summed E-state index contributed by atoms with van der Waals surface area (Å²) < 4.78 is 10.2. The lowest BCUT2D eigenvalue weighted by Crippen LogP contribution is -2.06. The monoisotopic (exact) mass is 253 g/mol. The number of rotatable bonds is 3. The van der Waals surface area contributed by atoms with Crippen molar-refractivity contribution in [3.05, 3.63) is 66.4 Å². The molecule has 4 nitrogen and oxygen atoms in total. The molecule has 19 heavy (non-hydrogen) atoms. The predicted molar refractivity (Wildman–Crippen MR) is 69.6 cm³/mol. The Morgan fingerprint density at radius 1 is 1.21 bits per heavy atom. The van der Waals surface area contributed by atoms with Crippen LogP contribution in [-0.4, -0.2) is 11.0 Å². The van der Waals surface area contributed by atoms with Crippen LogP contribution in [0.5, 0.6) is 0 Å². The number of pyridine rings is 1. The summed E-state index contributed by atoms with van der Waals surface area (Å²) in [6.45, 7) is 0.193. The number of esters is 1. The predicted octanol–water partition coefficient (Wildman–Crippen LogP) is 3.18. The first kappa shape index (κ1) is 11.5. The van der Waals surface area contributed by atoms with Crippen LogP contribution in [0.1, 0.15) is 15.9 Å². The molecular formula is C15H11NO3. The molecule has 3 rings (SSSR count). The zero-order chi connectivity index (χ0) is 13.1. The average molecular weight is 253 g/mol. The van der Waals surface area contributed by atoms with Gasteiger partial charge in [0, 0.05) is 23.3 Å². The van der Waals surface area contributed by atoms with E-state index in [1.54, 1.807) is 24.8 Å². The molecule has 94 valence electrons. The molecule has 0 radical (unpaired) electrons. The van der Waals surface area contributed by atoms with Crippen molar-refractivity contribution in [2.24, 2.45) is 0 Å². The fourth-order valence-corrected chi connectivity index (χ4v) is 1.88. The van der Waals surface area contributed by atoms with Crippen LogP contribution in [0.4, 0.5) is 0 Å². The van der Waals surface area contributed by atoms with Crippen LogP contribution in [-0.2, 0) is 11.3 Å². The van der Waals surface area contributed by atoms with E-state index in [-0.39, 0.29) is 12.6 Å². The second-order valence-corrected chi connectivity index (χ2v) is 4.12. The van der Waals surface area contributed by atoms with Crippen molar-refractivity contribution < 1.29 is 13.9 Å². The van der Waals surface area contributed by atoms with Gasteiger partial charge in [0.25, 0.3) is 0 Å². The third-order valence-electron chi connectivity index (χ3n) is 2.84. The first-order valence-electron chi connectivity index (χ1n) is 5.85. The summed E-state index contributed by atoms with van der Waals surface area (Å²) in [5, 5.41) is 1.76. The first-order valence-corrected chi connectivity index (χ1v) is 5.85. The molecule has 0 fully saturated rings. The van der Waals surface area contributed by atoms with Gasteiger partial charge < -0.3 is 9.15 Å². The number of aromatic nitrogens is 1. The summed E-state index contributed by atoms with van der Waals surface area (Å²) in [5.74, 6) is -0.384. The summed E-state index contributed by atoms with van der Waals surface area (Å²) >= 11 is 0. The van der Waals surface area contributed by atoms with Crippen LogP contribution in [0, 0.1) is 0 Å². The van der Waals surface area contributed by atoms with E-state index in [0.717, 1.165) is 16.3 Å². The van der Waals surface area contributed by atoms with Gasteiger partial charge in [0.2, 0.25) is 0 Å². The number of hydrogen-bond donors (Lipinski definition) is 0. The lowest BCUT2D eigenvalue weighted by molar-refractivity contribution is 0.0474. The van der Waals surface area contributed by atoms with Crippen molar-refractivity contribution in [3.8, 4) is 0 Å². The normalized spacial score (nSPS) is 10.5. The van der Waals surface area contributed by atoms with Gasteiger partial charge in [-0.3, -0.25) is 4.98 Å². The molecule has 3 aromatic rings. The zero-order valence-corrected chi connectivity index (χ0v) is 10.1. The summed E-state index contributed by atoms with van der Waals surface area (Å²) in [5.41, 5.74) is 1.29. The number of furan rings is 1. The lowest BCUT2D eigenvalue weighted by atomic mass is 10.1. The molecular weight excluding hydrogens is 242 g/mol. The Bertz CT molecular complexity index is 699. The number of ether oxygens (including phenoxy) is 1. The zero-order valence-electron chi connectivity index (χ0n) is 10.1. The molecule has 0 saturated carbocycles. The molecule has 4 heteroatoms. The molecule has 0 bridgehead atoms. The van der Waals surface area contributed by atoms with E-state index in [1.165, 1.54) is 6.20 Å². The number of benzene rings is 1. The third-order valence-corrected chi connectivity index (χ3v) is 2.84. The highest BCUT2D eigenvalue weighted by Crippen LogP contribution is 2.18. The maximum Gasteiger partial charge on any atom is 0.340 e. The summed E-state index contributed by atoms with van der Waals surface area (Å²) in [6, 6.07) is 9.34. The Balaban J connectivity index is 1.85. The maximum atomic E-state index is 12.1. The Kier molecular flexibility index (Phi) is 2.98. The van der Waals surface area contributed by atoms with Crippen LogP contribution in [0.15, 0.2) is 59.7 Å². The third kappa shape index (κ3) is 2.33. The van der Waals surface area contributed by atoms with E-state index in [1.807, 2.05) is 24.3 Å². The SMILES string of the molecule is O=C(OCc1ccoc1)c1cncc2ccccc12. The molecule has 0 aliphatic carbocycles. The van der Waals surface area contributed by atoms with Gasteiger partial charge in [-0.1, -0.05) is 24.3 Å². The summed E-state index contributed by atoms with van der Waals surface area (Å²) in [7, 11) is 0. The number of hydrogen-bond acceptors (Lipinski definition) is 4. The van der Waals surface area contributed by atoms with Gasteiger partial charge in [-0.05, 0) is 11.5 Å². The fourth-order valence-electron chi connectivity index (χ4n) is 1.88. The highest BCUT2D eigenvalue weighted by atomic mass is 16.5. The molecule has 0 saturated heterocycles. The second kappa shape index (κ2) is 4.94. The van der Waals surface area contributed by atoms with Crippen LogP contribution >= 0.6 is 0 Å². The molecule has 0 spiro atoms. The Hall–Kier alpha value is -2.62. The first-order chi connectivity index (χ1) is 9.34. The highest BCUT2D eigenvalue weighted by Gasteiger charge is 2.12. The maximum absolute atomic E-state index is 12.1. The van der Waals surface area contributed by atoms with Crippen molar-refractivity contribution in [2.75, 3.05) is 0 Å². The molecule has 0 unspecified atom stereocenters. The molecule has 2 aromatic heterocycles. The van der Waals surface area contributed by atoms with Crippen molar-refractivity contribution in [1.82, 2.24) is 4.98 Å². The number of nitrogens with zero attached hydrogens (tertiary/aromatic N) is 1. The lowest BCUT2D eigenvalue weighted by Gasteiger charge is -2.05. The summed E-state index contributed by atoms with van der Waals surface area (Å²) in [6.07, 6.45) is 6.35. The van der Waals surface area contributed by atoms with Crippen molar-refractivity contribution in [2.45, 2.75) is 6.61 Å². The fraction of sp³-hybridized carbons (Fsp3) is 0.0667. The van der Waals surface area contributed by atoms with Gasteiger partial charge in [-0.25, -0.2) is 4.79 Å². The molecule has 0 amide bonds. The molecule has 0 aliphatic heterocycles. The summed E-state index contributed by atoms with van der Waals surface area (Å²) in [4.78, 5) is 16.1. The van der Waals surface area contributed by atoms with Crippen LogP contribution in [0.25, 0.3) is 10.8 Å². The van der Waals surface area contributed by atoms with Gasteiger partial charge >= 0.3 is 5.97 Å². The average Bonchev–Trinajstić information content (AvgIpc) is 2.97. The number of fused-ring (bicyclic) bond motifs is 1. The Morgan fingerprint density at radius 2 is 2.11 bits per heavy atom. The van der Waals surface area contributed by atoms with Gasteiger partial charge in [-0.2, -0.15) is 0 Å². The van der Waals surface area contributed by atoms with Crippen LogP contribution < -0.4 is 0 Å². The standard InChI is InChI=1S/C15H11NO3/c17-15(19-10-11-5-6-18-9-11)14-8-16-7-12-3-1-2-4-13(12)14/h1-9H,10H2. The van der Waals surface area contributed by atoms with Crippen LogP contribution in [0.3, 0.4) is 0 Å². The van der Waals surface area contributed by atoms with Gasteiger partial charge in [0.1, 0.15) is 6.61 Å². The van der Waals surface area contributed by atoms with E-state index in [9.17, 15) is 4.79 Å². The van der Waals surface area contributed by atoms with Crippen molar-refractivity contribution >= 4 is 16.7 Å². The second-order valence-electron chi connectivity index (χ2n) is 4.12.